The molecule has 3 N–H and O–H groups in total. The monoisotopic (exact) mass is 1120 g/mol. The van der Waals surface area contributed by atoms with Crippen molar-refractivity contribution in [1.29, 1.82) is 0 Å². The van der Waals surface area contributed by atoms with Crippen LogP contribution >= 0.6 is 0 Å². The molecule has 78 heavy (non-hydrogen) atoms. The van der Waals surface area contributed by atoms with Gasteiger partial charge in [0.05, 0.1) is 31.6 Å². The van der Waals surface area contributed by atoms with E-state index in [1.807, 2.05) is 53.7 Å². The number of hydrogen-bond donors (Lipinski definition) is 3. The Morgan fingerprint density at radius 3 is 2.01 bits per heavy atom. The van der Waals surface area contributed by atoms with Gasteiger partial charge < -0.3 is 58.6 Å². The number of nitrogens with zero attached hydrogens (tertiary/aromatic N) is 2. The van der Waals surface area contributed by atoms with Crippen LogP contribution in [0.4, 0.5) is 4.79 Å². The number of fused-ring (bicyclic) bond motifs is 3. The number of cyclic esters (lactones) is 2. The first-order valence-corrected chi connectivity index (χ1v) is 30.6. The molecule has 11 atom stereocenters. The van der Waals surface area contributed by atoms with Crippen molar-refractivity contribution in [2.45, 2.75) is 240 Å². The third-order valence-electron chi connectivity index (χ3n) is 15.9. The molecule has 1 aromatic rings. The largest absolute Gasteiger partial charge is 0.497 e. The van der Waals surface area contributed by atoms with Crippen LogP contribution in [-0.4, -0.2) is 148 Å². The minimum atomic E-state index is -2.88. The maximum atomic E-state index is 15.3. The van der Waals surface area contributed by atoms with Crippen LogP contribution in [0.5, 0.6) is 5.75 Å². The van der Waals surface area contributed by atoms with Gasteiger partial charge >= 0.3 is 18.0 Å². The molecule has 3 heterocycles. The summed E-state index contributed by atoms with van der Waals surface area (Å²) in [5, 5.41) is 8.89. The van der Waals surface area contributed by atoms with Crippen LogP contribution in [0.25, 0.3) is 0 Å². The Morgan fingerprint density at radius 1 is 0.821 bits per heavy atom. The molecule has 4 rings (SSSR count). The molecule has 0 aromatic heterocycles. The fourth-order valence-corrected chi connectivity index (χ4v) is 17.3. The van der Waals surface area contributed by atoms with Crippen LogP contribution in [0.2, 0.25) is 16.6 Å². The Balaban J connectivity index is 2.02. The molecule has 0 radical (unpaired) electrons. The molecular formula is C58H97N5O14Si. The summed E-state index contributed by atoms with van der Waals surface area (Å²) in [4.78, 5) is 107. The fraction of sp³-hybridized carbons (Fsp3) is 0.776. The average Bonchev–Trinajstić information content (AvgIpc) is 3.86. The van der Waals surface area contributed by atoms with E-state index in [0.29, 0.717) is 18.6 Å². The zero-order chi connectivity index (χ0) is 58.7. The number of carbonyl (C=O) groups excluding carboxylic acids is 7. The highest BCUT2D eigenvalue weighted by atomic mass is 28.4. The summed E-state index contributed by atoms with van der Waals surface area (Å²) in [6.07, 6.45) is -4.14. The number of carbonyl (C=O) groups is 7. The number of alkyl carbamates (subject to hydrolysis) is 1. The van der Waals surface area contributed by atoms with Gasteiger partial charge in [0.2, 0.25) is 31.9 Å². The summed E-state index contributed by atoms with van der Waals surface area (Å²) in [5.41, 5.74) is 0.680. The van der Waals surface area contributed by atoms with Gasteiger partial charge in [0, 0.05) is 26.6 Å². The Bertz CT molecular complexity index is 2200. The first kappa shape index (κ1) is 65.7. The second-order valence-corrected chi connectivity index (χ2v) is 30.0. The Morgan fingerprint density at radius 2 is 1.46 bits per heavy atom. The highest BCUT2D eigenvalue weighted by Gasteiger charge is 2.51. The minimum Gasteiger partial charge on any atom is -0.497 e. The molecule has 1 aromatic carbocycles. The normalized spacial score (nSPS) is 27.2. The number of benzene rings is 1. The number of ether oxygens (including phenoxy) is 6. The minimum absolute atomic E-state index is 0.0274. The summed E-state index contributed by atoms with van der Waals surface area (Å²) >= 11 is 0. The quantitative estimate of drug-likeness (QED) is 0.0655. The zero-order valence-electron chi connectivity index (χ0n) is 50.4. The molecule has 20 heteroatoms. The summed E-state index contributed by atoms with van der Waals surface area (Å²) < 4.78 is 43.1. The molecule has 0 saturated carbocycles. The van der Waals surface area contributed by atoms with Crippen molar-refractivity contribution in [3.63, 3.8) is 0 Å². The summed E-state index contributed by atoms with van der Waals surface area (Å²) in [6, 6.07) is -0.331. The fourth-order valence-electron chi connectivity index (χ4n) is 11.8. The van der Waals surface area contributed by atoms with E-state index in [2.05, 4.69) is 57.5 Å². The van der Waals surface area contributed by atoms with Crippen LogP contribution in [0, 0.1) is 23.7 Å². The first-order valence-electron chi connectivity index (χ1n) is 28.5. The van der Waals surface area contributed by atoms with Gasteiger partial charge in [0.1, 0.15) is 60.6 Å². The predicted octanol–water partition coefficient (Wildman–Crippen LogP) is 7.98. The number of esters is 2. The predicted molar refractivity (Wildman–Crippen MR) is 298 cm³/mol. The first-order chi connectivity index (χ1) is 36.4. The van der Waals surface area contributed by atoms with Crippen molar-refractivity contribution in [2.75, 3.05) is 27.6 Å². The number of amides is 5. The van der Waals surface area contributed by atoms with E-state index in [9.17, 15) is 24.0 Å². The lowest BCUT2D eigenvalue weighted by Crippen LogP contribution is -2.62. The third-order valence-corrected chi connectivity index (χ3v) is 22.0. The van der Waals surface area contributed by atoms with E-state index in [4.69, 9.17) is 32.8 Å². The van der Waals surface area contributed by atoms with Gasteiger partial charge in [0.25, 0.3) is 0 Å². The third kappa shape index (κ3) is 16.4. The van der Waals surface area contributed by atoms with Crippen molar-refractivity contribution in [3.8, 4) is 5.75 Å². The van der Waals surface area contributed by atoms with Crippen LogP contribution < -0.4 is 20.7 Å². The number of nitrogens with one attached hydrogen (secondary N) is 3. The SMILES string of the molecule is CC[C@H](C)[C@H]1NC(=O)[C@@H](NC(=O)OC(C)(C)C)[C@@H](C)OC(=O)[C@@H]2Cc3ccc(OC)cc3CN2C(=O)[C@@H]2CCCN2C(=O)[C@H](CC(C)C)NC(=O)[C@@H](C)[C@H](OCOC)[C@H](C(C)C)OC(=O)C[C@@H]1O[Si](C(C)C)(C(C)C)C(C)C. The topological polar surface area (TPSA) is 227 Å². The van der Waals surface area contributed by atoms with E-state index in [0.717, 1.165) is 11.1 Å². The second kappa shape index (κ2) is 28.6. The lowest BCUT2D eigenvalue weighted by atomic mass is 9.90. The highest BCUT2D eigenvalue weighted by Crippen LogP contribution is 2.44. The highest BCUT2D eigenvalue weighted by molar-refractivity contribution is 6.77. The smallest absolute Gasteiger partial charge is 0.408 e. The Kier molecular flexibility index (Phi) is 24.1. The van der Waals surface area contributed by atoms with Gasteiger partial charge in [-0.15, -0.1) is 0 Å². The molecule has 442 valence electrons. The number of methoxy groups -OCH3 is 2. The van der Waals surface area contributed by atoms with Gasteiger partial charge in [-0.1, -0.05) is 102 Å². The number of rotatable bonds is 15. The molecule has 2 saturated heterocycles. The summed E-state index contributed by atoms with van der Waals surface area (Å²) in [7, 11) is 0.106. The maximum absolute atomic E-state index is 15.3. The molecular weight excluding hydrogens is 1020 g/mol. The standard InChI is InChI=1S/C58H97N5O14Si/c1-20-37(12)48-46(77-78(34(6)7,35(8)9)36(10)11)29-47(64)75-50(33(4)5)51(73-31-71-18)38(13)52(65)59-43(26-32(2)3)54(67)62-25-21-22-44(62)55(68)63-30-41-27-42(72-19)24-23-40(41)28-45(63)56(69)74-39(14)49(53(66)60-48)61-57(70)76-58(15,16)17/h23-24,27,32-39,43-46,48-51H,20-22,25-26,28-31H2,1-19H3,(H,59,65)(H,60,66)(H,61,70)/t37-,38-,39+,43-,44-,45-,46-,48+,49-,50-,51-/m0/s1. The van der Waals surface area contributed by atoms with Crippen molar-refractivity contribution in [1.82, 2.24) is 25.8 Å². The molecule has 0 aliphatic carbocycles. The van der Waals surface area contributed by atoms with E-state index in [-0.39, 0.29) is 74.0 Å². The van der Waals surface area contributed by atoms with Gasteiger partial charge in [-0.2, -0.15) is 0 Å². The molecule has 0 bridgehead atoms. The summed E-state index contributed by atoms with van der Waals surface area (Å²) in [6.45, 7) is 32.3. The van der Waals surface area contributed by atoms with E-state index in [1.165, 1.54) is 30.9 Å². The van der Waals surface area contributed by atoms with Crippen molar-refractivity contribution in [2.24, 2.45) is 23.7 Å². The number of hydrogen-bond acceptors (Lipinski definition) is 14. The molecule has 5 amide bonds. The average molecular weight is 1120 g/mol. The van der Waals surface area contributed by atoms with Crippen LogP contribution in [0.3, 0.4) is 0 Å². The molecule has 3 aliphatic rings. The van der Waals surface area contributed by atoms with E-state index in [1.54, 1.807) is 33.8 Å². The Labute approximate surface area is 466 Å². The molecule has 0 spiro atoms. The van der Waals surface area contributed by atoms with Gasteiger partial charge in [-0.05, 0) is 105 Å². The van der Waals surface area contributed by atoms with E-state index < -0.39 is 122 Å². The summed E-state index contributed by atoms with van der Waals surface area (Å²) in [5.74, 6) is -5.00. The zero-order valence-corrected chi connectivity index (χ0v) is 51.4. The van der Waals surface area contributed by atoms with Crippen LogP contribution in [0.1, 0.15) is 161 Å². The second-order valence-electron chi connectivity index (χ2n) is 24.6. The van der Waals surface area contributed by atoms with Gasteiger partial charge in [0.15, 0.2) is 0 Å². The maximum Gasteiger partial charge on any atom is 0.408 e. The van der Waals surface area contributed by atoms with Gasteiger partial charge in [-0.3, -0.25) is 24.0 Å². The molecule has 3 aliphatic heterocycles. The van der Waals surface area contributed by atoms with Gasteiger partial charge in [-0.25, -0.2) is 9.59 Å². The molecule has 19 nitrogen and oxygen atoms in total. The van der Waals surface area contributed by atoms with Crippen molar-refractivity contribution in [3.05, 3.63) is 29.3 Å². The van der Waals surface area contributed by atoms with Crippen LogP contribution in [-0.2, 0) is 69.8 Å². The van der Waals surface area contributed by atoms with Crippen molar-refractivity contribution >= 4 is 50.0 Å². The lowest BCUT2D eigenvalue weighted by Gasteiger charge is -2.47. The van der Waals surface area contributed by atoms with E-state index >= 15 is 9.59 Å². The molecule has 2 fully saturated rings. The van der Waals surface area contributed by atoms with Crippen molar-refractivity contribution < 1.29 is 66.4 Å². The Hall–Kier alpha value is -4.79. The molecule has 0 unspecified atom stereocenters. The lowest BCUT2D eigenvalue weighted by molar-refractivity contribution is -0.182. The van der Waals surface area contributed by atoms with Crippen LogP contribution in [0.15, 0.2) is 18.2 Å².